The molecule has 11 fully saturated rings. The Balaban J connectivity index is 0.000000158. The third kappa shape index (κ3) is 19.4. The highest BCUT2D eigenvalue weighted by atomic mass is 79.9. The van der Waals surface area contributed by atoms with Crippen molar-refractivity contribution in [3.8, 4) is 0 Å². The summed E-state index contributed by atoms with van der Waals surface area (Å²) in [5.74, 6) is -0.240. The first-order chi connectivity index (χ1) is 64.8. The van der Waals surface area contributed by atoms with E-state index >= 15 is 0 Å². The van der Waals surface area contributed by atoms with Gasteiger partial charge in [-0.15, -0.1) is 34.8 Å². The van der Waals surface area contributed by atoms with Crippen molar-refractivity contribution >= 4 is 132 Å². The van der Waals surface area contributed by atoms with Crippen molar-refractivity contribution < 1.29 is 106 Å². The number of allylic oxidation sites excluding steroid dienone is 12. The van der Waals surface area contributed by atoms with Gasteiger partial charge in [-0.05, 0) is 202 Å². The van der Waals surface area contributed by atoms with Gasteiger partial charge in [0.05, 0.1) is 24.9 Å². The molecule has 31 heteroatoms. The van der Waals surface area contributed by atoms with Gasteiger partial charge < -0.3 is 72.3 Å². The minimum Gasteiger partial charge on any atom is -0.457 e. The molecule has 2 saturated heterocycles. The molecule has 28 atom stereocenters. The van der Waals surface area contributed by atoms with Crippen molar-refractivity contribution in [2.75, 3.05) is 66.6 Å². The Labute approximate surface area is 837 Å². The maximum Gasteiger partial charge on any atom is 0.306 e. The average molecular weight is 2100 g/mol. The average Bonchev–Trinajstić information content (AvgIpc) is 1.50. The summed E-state index contributed by atoms with van der Waals surface area (Å²) in [5, 5.41) is 44.6. The zero-order chi connectivity index (χ0) is 99.3. The van der Waals surface area contributed by atoms with Gasteiger partial charge in [-0.1, -0.05) is 210 Å². The summed E-state index contributed by atoms with van der Waals surface area (Å²) >= 11 is 28.6. The summed E-state index contributed by atoms with van der Waals surface area (Å²) in [6.07, 6.45) is 22.9. The summed E-state index contributed by atoms with van der Waals surface area (Å²) in [5.41, 5.74) is 0.595. The van der Waals surface area contributed by atoms with Crippen LogP contribution in [0.25, 0.3) is 0 Å². The van der Waals surface area contributed by atoms with E-state index in [9.17, 15) is 53.4 Å². The highest BCUT2D eigenvalue weighted by Crippen LogP contribution is 2.76. The summed E-state index contributed by atoms with van der Waals surface area (Å²) in [6, 6.07) is 23.9. The molecule has 0 amide bonds. The number of oxime groups is 2. The van der Waals surface area contributed by atoms with Crippen LogP contribution in [0.15, 0.2) is 163 Å². The zero-order valence-electron chi connectivity index (χ0n) is 81.4. The first-order valence-corrected chi connectivity index (χ1v) is 54.2. The topological polar surface area (TPSA) is 350 Å². The van der Waals surface area contributed by atoms with Crippen molar-refractivity contribution in [3.05, 3.63) is 170 Å². The molecule has 17 rings (SSSR count). The van der Waals surface area contributed by atoms with Gasteiger partial charge in [0, 0.05) is 131 Å². The van der Waals surface area contributed by atoms with E-state index in [0.717, 1.165) is 61.4 Å². The minimum atomic E-state index is -2.35. The molecule has 25 nitrogen and oxygen atoms in total. The number of ketones is 3. The number of alkyl halides is 3. The van der Waals surface area contributed by atoms with Gasteiger partial charge >= 0.3 is 23.9 Å². The molecule has 3 aromatic carbocycles. The molecule has 2 spiro atoms. The third-order valence-corrected chi connectivity index (χ3v) is 38.1. The summed E-state index contributed by atoms with van der Waals surface area (Å²) in [7, 11) is -2.35. The van der Waals surface area contributed by atoms with Crippen LogP contribution < -0.4 is 11.2 Å². The largest absolute Gasteiger partial charge is 0.457 e. The van der Waals surface area contributed by atoms with Crippen LogP contribution in [0.5, 0.6) is 0 Å². The molecule has 1 unspecified atom stereocenters. The van der Waals surface area contributed by atoms with Crippen LogP contribution in [-0.2, 0) is 110 Å². The van der Waals surface area contributed by atoms with Crippen LogP contribution >= 0.6 is 73.8 Å². The lowest BCUT2D eigenvalue weighted by molar-refractivity contribution is -0.265. The van der Waals surface area contributed by atoms with Crippen LogP contribution in [0.3, 0.4) is 0 Å². The fraction of sp³-hybridized carbons (Fsp3) is 0.632. The number of benzene rings is 3. The van der Waals surface area contributed by atoms with Crippen molar-refractivity contribution in [2.45, 2.75) is 250 Å². The van der Waals surface area contributed by atoms with Crippen molar-refractivity contribution in [1.29, 1.82) is 0 Å². The molecular weight excluding hydrogens is 1960 g/mol. The number of halogens is 5. The van der Waals surface area contributed by atoms with Crippen molar-refractivity contribution in [1.82, 2.24) is 0 Å². The van der Waals surface area contributed by atoms with Gasteiger partial charge in [-0.3, -0.25) is 33.6 Å². The van der Waals surface area contributed by atoms with Gasteiger partial charge in [0.1, 0.15) is 44.0 Å². The van der Waals surface area contributed by atoms with Crippen LogP contribution in [0.1, 0.15) is 190 Å². The molecule has 5 N–H and O–H groups in total. The number of nitrogens with zero attached hydrogens (tertiary/aromatic N) is 2. The standard InChI is InChI=1S/C38H51ClNO8P.C36H45BrClNO7.C24H31ClO6.C8H10BrNO/c1-8-32(43)46-22-31(42)38(48-33(44)9-2)23(3)17-28-34-29(39)20-25-19-26(13-15-36(25,4)35(34)30(41)21-37(28,38)5)40-47-16-14-24-11-10-12-27(18-24)49(6,7)45;1-6-30(42)44-20-29(41)36(46-31(43)7-2)21(3)15-26-32-27(38)18-23-17-25(39-45-14-12-22-9-8-10-24(37)16-22)11-13-34(23,4)33(32)28(40)19-35(26,36)5;1-13-6-16-19-17(25)8-14-7-15(26)4-5-21(14,2)20(19)18(27)9-22(16,3)24(13)23(30-12-31-24)10-28-11-29-23;9-8-3-1-2-7(6-8)4-5-11-10/h10-13,15,18-19,23,28-30,34-35,41H,8-9,14,16-17,20-22H2,1-7H3;8-11,13,16-17,21,26-28,32-33,40H,6-7,12,14-15,18-20H2,1-5H3;4-5,7,13,16-20,27H,6,8-12H2,1-3H3;1-3,6H,4-5,10H2/b40-26+;39-25+;;/t23-,28+,29-,30+,34-,35+,36+,37+,38+;21-,26+,27-,28+,32-,33+,34+,35+,36+;13-,16+,17-,18+,19-,20+,21+,22+,23?,24-;/m111./s1. The summed E-state index contributed by atoms with van der Waals surface area (Å²) < 4.78 is 61.8. The Bertz CT molecular complexity index is 5360. The third-order valence-electron chi connectivity index (χ3n) is 34.3. The lowest BCUT2D eigenvalue weighted by Crippen LogP contribution is -2.68. The number of Topliss-reactive ketones (excluding diaryl/α,β-unsaturated/α-hetero) is 2. The number of carbonyl (C=O) groups excluding carboxylic acids is 7. The molecule has 2 heterocycles. The lowest BCUT2D eigenvalue weighted by atomic mass is 9.45. The van der Waals surface area contributed by atoms with E-state index in [1.54, 1.807) is 53.2 Å². The molecule has 9 saturated carbocycles. The lowest BCUT2D eigenvalue weighted by Gasteiger charge is -2.62. The number of aliphatic hydroxyl groups is 3. The number of hydrogen-bond acceptors (Lipinski definition) is 25. The second-order valence-electron chi connectivity index (χ2n) is 42.1. The maximum atomic E-state index is 14.1. The number of rotatable bonds is 24. The predicted molar refractivity (Wildman–Crippen MR) is 530 cm³/mol. The predicted octanol–water partition coefficient (Wildman–Crippen LogP) is 18.0. The number of aliphatic hydroxyl groups excluding tert-OH is 3. The van der Waals surface area contributed by atoms with E-state index in [4.69, 9.17) is 88.3 Å². The van der Waals surface area contributed by atoms with E-state index in [1.165, 1.54) is 5.56 Å². The van der Waals surface area contributed by atoms with E-state index in [2.05, 4.69) is 112 Å². The number of ether oxygens (including phenoxy) is 8. The molecule has 12 aliphatic carbocycles. The molecule has 0 aromatic heterocycles. The van der Waals surface area contributed by atoms with Crippen LogP contribution in [0.4, 0.5) is 0 Å². The van der Waals surface area contributed by atoms with Crippen molar-refractivity contribution in [3.63, 3.8) is 0 Å². The van der Waals surface area contributed by atoms with Gasteiger partial charge in [0.2, 0.25) is 17.4 Å². The number of carbonyl (C=O) groups is 7. The fourth-order valence-electron chi connectivity index (χ4n) is 28.2. The molecular formula is C106H137Br2Cl3N3O22P. The van der Waals surface area contributed by atoms with Crippen LogP contribution in [0.2, 0.25) is 0 Å². The molecule has 2 aliphatic heterocycles. The molecule has 3 aromatic rings. The van der Waals surface area contributed by atoms with E-state index in [1.807, 2.05) is 113 Å². The van der Waals surface area contributed by atoms with Gasteiger partial charge in [-0.25, -0.2) is 5.90 Å². The first kappa shape index (κ1) is 106. The SMILES string of the molecule is CCC(=O)OCC(=O)[C@@]1(OC(=O)CC)[C@H](C)C[C@H]2[C@H]3[C@H]([C@@H](O)C[C@@]21C)[C@@]1(C)C=C/C(=N\OCCc2cccc(Br)c2)C=C1C[C@H]3Cl.CCC(=O)OCC(=O)[C@@]1(OC(=O)CC)[C@H](C)C[C@H]2[C@H]3[C@H]([C@@H](O)C[C@@]21C)[C@@]1(C)C=C/C(=N\OCCc2cccc(P(C)(C)=O)c2)C=C1C[C@H]3Cl.C[C@@H]1C[C@H]2[C@H]3[C@H]([C@@H](O)C[C@]2(C)[C@]12OCOC21COCO1)[C@@]1(C)C=CC(=O)C=C1C[C@H]3Cl.NOCCc1cccc(Br)c1. The molecule has 748 valence electrons. The Hall–Kier alpha value is -6.37. The quantitative estimate of drug-likeness (QED) is 0.0162. The highest BCUT2D eigenvalue weighted by molar-refractivity contribution is 9.10. The first-order valence-electron chi connectivity index (χ1n) is 48.7. The number of esters is 4. The maximum absolute atomic E-state index is 14.1. The van der Waals surface area contributed by atoms with Gasteiger partial charge in [-0.2, -0.15) is 0 Å². The molecule has 14 aliphatic rings. The smallest absolute Gasteiger partial charge is 0.306 e. The van der Waals surface area contributed by atoms with Gasteiger partial charge in [0.25, 0.3) is 0 Å². The van der Waals surface area contributed by atoms with Crippen molar-refractivity contribution in [2.24, 2.45) is 120 Å². The Kier molecular flexibility index (Phi) is 32.7. The Morgan fingerprint density at radius 2 is 0.898 bits per heavy atom. The van der Waals surface area contributed by atoms with Crippen LogP contribution in [0, 0.1) is 104 Å². The highest BCUT2D eigenvalue weighted by Gasteiger charge is 2.81. The molecule has 0 radical (unpaired) electrons. The normalized spacial score (nSPS) is 39.2. The van der Waals surface area contributed by atoms with E-state index < -0.39 is 118 Å². The van der Waals surface area contributed by atoms with E-state index in [0.29, 0.717) is 82.8 Å². The number of nitrogens with two attached hydrogens (primary N) is 1. The monoisotopic (exact) mass is 2100 g/mol. The second kappa shape index (κ2) is 42.1. The summed E-state index contributed by atoms with van der Waals surface area (Å²) in [4.78, 5) is 106. The zero-order valence-corrected chi connectivity index (χ0v) is 87.7. The number of fused-ring (bicyclic) bond motifs is 17. The minimum absolute atomic E-state index is 0.00944. The van der Waals surface area contributed by atoms with E-state index in [-0.39, 0.29) is 156 Å². The summed E-state index contributed by atoms with van der Waals surface area (Å²) in [6.45, 7) is 29.9. The van der Waals surface area contributed by atoms with Gasteiger partial charge in [0.15, 0.2) is 43.8 Å². The second-order valence-corrected chi connectivity index (χ2v) is 48.9. The fourth-order valence-corrected chi connectivity index (χ4v) is 31.5. The Morgan fingerprint density at radius 1 is 0.511 bits per heavy atom. The molecule has 0 bridgehead atoms. The molecule has 137 heavy (non-hydrogen) atoms. The Morgan fingerprint density at radius 3 is 1.31 bits per heavy atom. The van der Waals surface area contributed by atoms with Crippen LogP contribution in [-0.4, -0.2) is 192 Å². The number of hydrogen-bond donors (Lipinski definition) is 4.